The van der Waals surface area contributed by atoms with Crippen molar-refractivity contribution in [1.82, 2.24) is 0 Å². The lowest BCUT2D eigenvalue weighted by Gasteiger charge is -2.33. The maximum Gasteiger partial charge on any atom is 0.184 e. The molecule has 1 aliphatic carbocycles. The molecule has 0 unspecified atom stereocenters. The van der Waals surface area contributed by atoms with Gasteiger partial charge in [-0.3, -0.25) is 0 Å². The Kier molecular flexibility index (Phi) is 2.64. The summed E-state index contributed by atoms with van der Waals surface area (Å²) in [5, 5.41) is 0. The second kappa shape index (κ2) is 4.48. The van der Waals surface area contributed by atoms with Crippen molar-refractivity contribution in [2.45, 2.75) is 18.8 Å². The Morgan fingerprint density at radius 2 is 1.68 bits per heavy atom. The van der Waals surface area contributed by atoms with Gasteiger partial charge in [0.15, 0.2) is 6.29 Å². The summed E-state index contributed by atoms with van der Waals surface area (Å²) in [5.74, 6) is 0.470. The summed E-state index contributed by atoms with van der Waals surface area (Å²) < 4.78 is 12.1. The molecule has 0 aromatic heterocycles. The second-order valence-corrected chi connectivity index (χ2v) is 5.30. The molecule has 2 heteroatoms. The Morgan fingerprint density at radius 1 is 0.895 bits per heavy atom. The minimum Gasteiger partial charge on any atom is -0.348 e. The van der Waals surface area contributed by atoms with Crippen LogP contribution in [0.5, 0.6) is 0 Å². The van der Waals surface area contributed by atoms with E-state index in [1.807, 2.05) is 18.2 Å². The maximum absolute atomic E-state index is 6.20. The molecule has 96 valence electrons. The van der Waals surface area contributed by atoms with E-state index in [2.05, 4.69) is 36.4 Å². The van der Waals surface area contributed by atoms with Gasteiger partial charge in [-0.2, -0.15) is 0 Å². The fraction of sp³-hybridized carbons (Fsp3) is 0.294. The van der Waals surface area contributed by atoms with Crippen molar-refractivity contribution in [2.75, 3.05) is 6.61 Å². The zero-order valence-corrected chi connectivity index (χ0v) is 10.7. The van der Waals surface area contributed by atoms with Crippen LogP contribution < -0.4 is 0 Å². The summed E-state index contributed by atoms with van der Waals surface area (Å²) in [7, 11) is 0. The van der Waals surface area contributed by atoms with Crippen LogP contribution in [0, 0.1) is 5.92 Å². The Hall–Kier alpha value is -1.64. The highest BCUT2D eigenvalue weighted by Crippen LogP contribution is 2.45. The molecule has 2 aliphatic rings. The van der Waals surface area contributed by atoms with Crippen LogP contribution in [0.1, 0.15) is 29.1 Å². The molecule has 0 radical (unpaired) electrons. The van der Waals surface area contributed by atoms with Gasteiger partial charge in [-0.15, -0.1) is 0 Å². The van der Waals surface area contributed by atoms with Crippen LogP contribution in [-0.4, -0.2) is 6.61 Å². The predicted octanol–water partition coefficient (Wildman–Crippen LogP) is 3.65. The Morgan fingerprint density at radius 3 is 2.58 bits per heavy atom. The van der Waals surface area contributed by atoms with Crippen molar-refractivity contribution >= 4 is 0 Å². The first kappa shape index (κ1) is 11.2. The van der Waals surface area contributed by atoms with Gasteiger partial charge in [0.1, 0.15) is 0 Å². The van der Waals surface area contributed by atoms with Gasteiger partial charge in [-0.05, 0) is 17.5 Å². The first-order valence-electron chi connectivity index (χ1n) is 6.81. The molecular formula is C17H16O2. The molecule has 19 heavy (non-hydrogen) atoms. The van der Waals surface area contributed by atoms with Gasteiger partial charge < -0.3 is 9.47 Å². The maximum atomic E-state index is 6.20. The summed E-state index contributed by atoms with van der Waals surface area (Å²) in [5.41, 5.74) is 3.86. The van der Waals surface area contributed by atoms with E-state index in [0.29, 0.717) is 5.92 Å². The minimum atomic E-state index is -0.228. The highest BCUT2D eigenvalue weighted by atomic mass is 16.7. The molecule has 1 saturated heterocycles. The number of ether oxygens (including phenoxy) is 2. The quantitative estimate of drug-likeness (QED) is 0.771. The molecule has 0 bridgehead atoms. The van der Waals surface area contributed by atoms with E-state index in [9.17, 15) is 0 Å². The molecule has 0 saturated carbocycles. The van der Waals surface area contributed by atoms with Gasteiger partial charge in [-0.1, -0.05) is 54.6 Å². The third-order valence-electron chi connectivity index (χ3n) is 4.08. The van der Waals surface area contributed by atoms with Gasteiger partial charge in [0, 0.05) is 11.5 Å². The van der Waals surface area contributed by atoms with E-state index in [0.717, 1.165) is 18.6 Å². The van der Waals surface area contributed by atoms with E-state index in [1.54, 1.807) is 0 Å². The van der Waals surface area contributed by atoms with Crippen LogP contribution in [0.15, 0.2) is 54.6 Å². The SMILES string of the molecule is c1ccc([C@@H]2OC[C@H]3Cc4ccccc4[C@H]3O2)cc1. The first-order valence-corrected chi connectivity index (χ1v) is 6.81. The van der Waals surface area contributed by atoms with Crippen LogP contribution in [0.2, 0.25) is 0 Å². The molecule has 2 aromatic rings. The largest absolute Gasteiger partial charge is 0.348 e. The van der Waals surface area contributed by atoms with Crippen LogP contribution in [0.25, 0.3) is 0 Å². The van der Waals surface area contributed by atoms with E-state index in [4.69, 9.17) is 9.47 Å². The molecule has 2 aromatic carbocycles. The summed E-state index contributed by atoms with van der Waals surface area (Å²) in [6.45, 7) is 0.777. The number of fused-ring (bicyclic) bond motifs is 3. The number of rotatable bonds is 1. The van der Waals surface area contributed by atoms with Crippen LogP contribution in [0.3, 0.4) is 0 Å². The molecule has 3 atom stereocenters. The molecule has 0 spiro atoms. The summed E-state index contributed by atoms with van der Waals surface area (Å²) >= 11 is 0. The number of hydrogen-bond acceptors (Lipinski definition) is 2. The Balaban J connectivity index is 1.63. The van der Waals surface area contributed by atoms with Gasteiger partial charge in [0.05, 0.1) is 12.7 Å². The first-order chi connectivity index (χ1) is 9.42. The molecule has 1 fully saturated rings. The van der Waals surface area contributed by atoms with Crippen LogP contribution in [-0.2, 0) is 15.9 Å². The normalized spacial score (nSPS) is 28.7. The molecule has 0 amide bonds. The fourth-order valence-electron chi connectivity index (χ4n) is 3.14. The summed E-state index contributed by atoms with van der Waals surface area (Å²) in [6, 6.07) is 18.8. The smallest absolute Gasteiger partial charge is 0.184 e. The van der Waals surface area contributed by atoms with E-state index < -0.39 is 0 Å². The van der Waals surface area contributed by atoms with Crippen molar-refractivity contribution in [3.63, 3.8) is 0 Å². The zero-order chi connectivity index (χ0) is 12.7. The number of hydrogen-bond donors (Lipinski definition) is 0. The molecule has 4 rings (SSSR count). The molecule has 1 aliphatic heterocycles. The highest BCUT2D eigenvalue weighted by Gasteiger charge is 2.39. The lowest BCUT2D eigenvalue weighted by molar-refractivity contribution is -0.240. The Labute approximate surface area is 113 Å². The van der Waals surface area contributed by atoms with Crippen molar-refractivity contribution in [3.05, 3.63) is 71.3 Å². The minimum absolute atomic E-state index is 0.190. The lowest BCUT2D eigenvalue weighted by Crippen LogP contribution is -2.28. The summed E-state index contributed by atoms with van der Waals surface area (Å²) in [6.07, 6.45) is 1.03. The van der Waals surface area contributed by atoms with Crippen molar-refractivity contribution in [2.24, 2.45) is 5.92 Å². The molecule has 2 nitrogen and oxygen atoms in total. The predicted molar refractivity (Wildman–Crippen MR) is 72.6 cm³/mol. The Bertz CT molecular complexity index is 579. The molecular weight excluding hydrogens is 236 g/mol. The van der Waals surface area contributed by atoms with Crippen LogP contribution in [0.4, 0.5) is 0 Å². The number of benzene rings is 2. The third-order valence-corrected chi connectivity index (χ3v) is 4.08. The fourth-order valence-corrected chi connectivity index (χ4v) is 3.14. The summed E-state index contributed by atoms with van der Waals surface area (Å²) in [4.78, 5) is 0. The highest BCUT2D eigenvalue weighted by molar-refractivity contribution is 5.35. The van der Waals surface area contributed by atoms with Crippen molar-refractivity contribution < 1.29 is 9.47 Å². The zero-order valence-electron chi connectivity index (χ0n) is 10.7. The molecule has 1 heterocycles. The lowest BCUT2D eigenvalue weighted by atomic mass is 10.0. The average Bonchev–Trinajstić information content (AvgIpc) is 2.86. The van der Waals surface area contributed by atoms with E-state index in [-0.39, 0.29) is 12.4 Å². The topological polar surface area (TPSA) is 18.5 Å². The van der Waals surface area contributed by atoms with Crippen molar-refractivity contribution in [3.8, 4) is 0 Å². The molecule has 0 N–H and O–H groups in total. The van der Waals surface area contributed by atoms with E-state index in [1.165, 1.54) is 11.1 Å². The van der Waals surface area contributed by atoms with Gasteiger partial charge in [0.25, 0.3) is 0 Å². The van der Waals surface area contributed by atoms with Gasteiger partial charge in [-0.25, -0.2) is 0 Å². The van der Waals surface area contributed by atoms with Gasteiger partial charge >= 0.3 is 0 Å². The van der Waals surface area contributed by atoms with Crippen molar-refractivity contribution in [1.29, 1.82) is 0 Å². The van der Waals surface area contributed by atoms with Gasteiger partial charge in [0.2, 0.25) is 0 Å². The van der Waals surface area contributed by atoms with E-state index >= 15 is 0 Å². The van der Waals surface area contributed by atoms with Crippen LogP contribution >= 0.6 is 0 Å². The standard InChI is InChI=1S/C17H16O2/c1-2-6-12(7-3-1)17-18-11-14-10-13-8-4-5-9-15(13)16(14)19-17/h1-9,14,16-17H,10-11H2/t14-,16+,17-/m1/s1. The monoisotopic (exact) mass is 252 g/mol. The average molecular weight is 252 g/mol. The second-order valence-electron chi connectivity index (χ2n) is 5.30. The third kappa shape index (κ3) is 1.88.